The molecule has 1 saturated heterocycles. The molecule has 1 fully saturated rings. The summed E-state index contributed by atoms with van der Waals surface area (Å²) in [6, 6.07) is 5.71. The summed E-state index contributed by atoms with van der Waals surface area (Å²) in [5, 5.41) is 9.67. The molecule has 132 valence electrons. The van der Waals surface area contributed by atoms with E-state index in [2.05, 4.69) is 20.6 Å². The zero-order chi connectivity index (χ0) is 18.0. The smallest absolute Gasteiger partial charge is 0.313 e. The highest BCUT2D eigenvalue weighted by Crippen LogP contribution is 2.19. The Bertz CT molecular complexity index is 799. The number of aromatic nitrogens is 2. The van der Waals surface area contributed by atoms with E-state index in [0.717, 1.165) is 29.8 Å². The standard InChI is InChI=1S/C18H23N5O2/c1-12-4-5-13(2)16(8-12)21-18(25)17(24)20-14-6-7-23(10-14)15-9-19-22(3)11-15/h4-5,8-9,11,14H,6-7,10H2,1-3H3,(H,20,24)(H,21,25)/t14-/m0/s1. The first-order valence-corrected chi connectivity index (χ1v) is 8.35. The van der Waals surface area contributed by atoms with Crippen molar-refractivity contribution < 1.29 is 9.59 Å². The molecule has 7 heteroatoms. The summed E-state index contributed by atoms with van der Waals surface area (Å²) in [5.41, 5.74) is 3.65. The maximum Gasteiger partial charge on any atom is 0.313 e. The third-order valence-electron chi connectivity index (χ3n) is 4.43. The predicted octanol–water partition coefficient (Wildman–Crippen LogP) is 1.37. The van der Waals surface area contributed by atoms with Crippen LogP contribution in [0.2, 0.25) is 0 Å². The lowest BCUT2D eigenvalue weighted by Crippen LogP contribution is -2.43. The van der Waals surface area contributed by atoms with Crippen LogP contribution in [0.1, 0.15) is 17.5 Å². The van der Waals surface area contributed by atoms with Crippen LogP contribution in [-0.2, 0) is 16.6 Å². The molecule has 1 aliphatic heterocycles. The van der Waals surface area contributed by atoms with Gasteiger partial charge in [0.2, 0.25) is 0 Å². The number of hydrogen-bond acceptors (Lipinski definition) is 4. The van der Waals surface area contributed by atoms with Crippen LogP contribution in [0.15, 0.2) is 30.6 Å². The van der Waals surface area contributed by atoms with Gasteiger partial charge < -0.3 is 15.5 Å². The SMILES string of the molecule is Cc1ccc(C)c(NC(=O)C(=O)N[C@H]2CCN(c3cnn(C)c3)C2)c1. The van der Waals surface area contributed by atoms with Gasteiger partial charge in [0.1, 0.15) is 0 Å². The quantitative estimate of drug-likeness (QED) is 0.827. The number of hydrogen-bond donors (Lipinski definition) is 2. The maximum absolute atomic E-state index is 12.2. The lowest BCUT2D eigenvalue weighted by Gasteiger charge is -2.17. The Hall–Kier alpha value is -2.83. The average molecular weight is 341 g/mol. The number of amides is 2. The van der Waals surface area contributed by atoms with E-state index in [9.17, 15) is 9.59 Å². The topological polar surface area (TPSA) is 79.3 Å². The van der Waals surface area contributed by atoms with Crippen molar-refractivity contribution in [3.63, 3.8) is 0 Å². The molecule has 0 saturated carbocycles. The van der Waals surface area contributed by atoms with Crippen molar-refractivity contribution in [3.8, 4) is 0 Å². The Kier molecular flexibility index (Phi) is 4.74. The fourth-order valence-electron chi connectivity index (χ4n) is 2.98. The zero-order valence-electron chi connectivity index (χ0n) is 14.7. The van der Waals surface area contributed by atoms with Crippen LogP contribution in [-0.4, -0.2) is 40.7 Å². The highest BCUT2D eigenvalue weighted by molar-refractivity contribution is 6.39. The molecule has 0 spiro atoms. The maximum atomic E-state index is 12.2. The molecule has 1 atom stereocenters. The minimum absolute atomic E-state index is 0.0444. The first kappa shape index (κ1) is 17.0. The fraction of sp³-hybridized carbons (Fsp3) is 0.389. The Balaban J connectivity index is 1.55. The van der Waals surface area contributed by atoms with Crippen LogP contribution >= 0.6 is 0 Å². The molecule has 2 N–H and O–H groups in total. The largest absolute Gasteiger partial charge is 0.367 e. The number of nitrogens with zero attached hydrogens (tertiary/aromatic N) is 3. The summed E-state index contributed by atoms with van der Waals surface area (Å²) in [6.45, 7) is 5.35. The van der Waals surface area contributed by atoms with E-state index in [4.69, 9.17) is 0 Å². The van der Waals surface area contributed by atoms with E-state index in [1.54, 1.807) is 10.9 Å². The van der Waals surface area contributed by atoms with Crippen molar-refractivity contribution in [2.24, 2.45) is 7.05 Å². The van der Waals surface area contributed by atoms with E-state index in [0.29, 0.717) is 12.2 Å². The van der Waals surface area contributed by atoms with Crippen LogP contribution in [0.3, 0.4) is 0 Å². The van der Waals surface area contributed by atoms with Crippen LogP contribution in [0.4, 0.5) is 11.4 Å². The van der Waals surface area contributed by atoms with Crippen LogP contribution in [0.25, 0.3) is 0 Å². The number of nitrogens with one attached hydrogen (secondary N) is 2. The normalized spacial score (nSPS) is 16.8. The molecule has 0 aliphatic carbocycles. The highest BCUT2D eigenvalue weighted by atomic mass is 16.2. The average Bonchev–Trinajstić information content (AvgIpc) is 3.19. The summed E-state index contributed by atoms with van der Waals surface area (Å²) >= 11 is 0. The summed E-state index contributed by atoms with van der Waals surface area (Å²) in [4.78, 5) is 26.5. The summed E-state index contributed by atoms with van der Waals surface area (Å²) in [6.07, 6.45) is 4.55. The molecule has 1 aliphatic rings. The van der Waals surface area contributed by atoms with Crippen LogP contribution < -0.4 is 15.5 Å². The Morgan fingerprint density at radius 2 is 2.04 bits per heavy atom. The Morgan fingerprint density at radius 3 is 2.76 bits per heavy atom. The third-order valence-corrected chi connectivity index (χ3v) is 4.43. The zero-order valence-corrected chi connectivity index (χ0v) is 14.7. The molecule has 1 aromatic carbocycles. The molecule has 2 aromatic rings. The molecule has 7 nitrogen and oxygen atoms in total. The van der Waals surface area contributed by atoms with E-state index >= 15 is 0 Å². The van der Waals surface area contributed by atoms with Gasteiger partial charge in [0.05, 0.1) is 11.9 Å². The molecule has 2 heterocycles. The molecular weight excluding hydrogens is 318 g/mol. The number of rotatable bonds is 3. The van der Waals surface area contributed by atoms with Gasteiger partial charge in [-0.2, -0.15) is 5.10 Å². The van der Waals surface area contributed by atoms with Gasteiger partial charge in [-0.3, -0.25) is 14.3 Å². The minimum Gasteiger partial charge on any atom is -0.367 e. The lowest BCUT2D eigenvalue weighted by molar-refractivity contribution is -0.136. The molecular formula is C18H23N5O2. The van der Waals surface area contributed by atoms with E-state index < -0.39 is 11.8 Å². The summed E-state index contributed by atoms with van der Waals surface area (Å²) < 4.78 is 1.75. The number of anilines is 2. The fourth-order valence-corrected chi connectivity index (χ4v) is 2.98. The Labute approximate surface area is 147 Å². The van der Waals surface area contributed by atoms with Crippen molar-refractivity contribution in [1.29, 1.82) is 0 Å². The highest BCUT2D eigenvalue weighted by Gasteiger charge is 2.27. The molecule has 1 aromatic heterocycles. The van der Waals surface area contributed by atoms with Crippen molar-refractivity contribution >= 4 is 23.2 Å². The first-order chi connectivity index (χ1) is 11.9. The van der Waals surface area contributed by atoms with Gasteiger partial charge in [0.25, 0.3) is 0 Å². The number of carbonyl (C=O) groups excluding carboxylic acids is 2. The van der Waals surface area contributed by atoms with Crippen molar-refractivity contribution in [3.05, 3.63) is 41.7 Å². The van der Waals surface area contributed by atoms with Gasteiger partial charge in [-0.15, -0.1) is 0 Å². The summed E-state index contributed by atoms with van der Waals surface area (Å²) in [5.74, 6) is -1.23. The molecule has 3 rings (SSSR count). The van der Waals surface area contributed by atoms with Gasteiger partial charge in [0.15, 0.2) is 0 Å². The lowest BCUT2D eigenvalue weighted by atomic mass is 10.1. The summed E-state index contributed by atoms with van der Waals surface area (Å²) in [7, 11) is 1.87. The van der Waals surface area contributed by atoms with Crippen LogP contribution in [0, 0.1) is 13.8 Å². The second-order valence-electron chi connectivity index (χ2n) is 6.55. The van der Waals surface area contributed by atoms with E-state index in [1.807, 2.05) is 45.3 Å². The number of aryl methyl sites for hydroxylation is 3. The third kappa shape index (κ3) is 3.99. The van der Waals surface area contributed by atoms with Gasteiger partial charge in [-0.25, -0.2) is 0 Å². The monoisotopic (exact) mass is 341 g/mol. The number of carbonyl (C=O) groups is 2. The van der Waals surface area contributed by atoms with Gasteiger partial charge in [-0.05, 0) is 37.5 Å². The first-order valence-electron chi connectivity index (χ1n) is 8.35. The van der Waals surface area contributed by atoms with Crippen molar-refractivity contribution in [2.75, 3.05) is 23.3 Å². The van der Waals surface area contributed by atoms with Gasteiger partial charge >= 0.3 is 11.8 Å². The second-order valence-corrected chi connectivity index (χ2v) is 6.55. The number of benzene rings is 1. The molecule has 2 amide bonds. The second kappa shape index (κ2) is 6.96. The van der Waals surface area contributed by atoms with E-state index in [-0.39, 0.29) is 6.04 Å². The van der Waals surface area contributed by atoms with Gasteiger partial charge in [-0.1, -0.05) is 12.1 Å². The minimum atomic E-state index is -0.631. The van der Waals surface area contributed by atoms with Crippen LogP contribution in [0.5, 0.6) is 0 Å². The Morgan fingerprint density at radius 1 is 1.24 bits per heavy atom. The molecule has 0 radical (unpaired) electrons. The molecule has 25 heavy (non-hydrogen) atoms. The van der Waals surface area contributed by atoms with Gasteiger partial charge in [0, 0.05) is 38.1 Å². The predicted molar refractivity (Wildman–Crippen MR) is 96.5 cm³/mol. The van der Waals surface area contributed by atoms with Crippen molar-refractivity contribution in [2.45, 2.75) is 26.3 Å². The van der Waals surface area contributed by atoms with Crippen molar-refractivity contribution in [1.82, 2.24) is 15.1 Å². The van der Waals surface area contributed by atoms with E-state index in [1.165, 1.54) is 0 Å². The molecule has 0 unspecified atom stereocenters. The molecule has 0 bridgehead atoms.